The smallest absolute Gasteiger partial charge is 0.260 e. The van der Waals surface area contributed by atoms with Gasteiger partial charge in [-0.2, -0.15) is 0 Å². The molecule has 1 amide bonds. The second-order valence-corrected chi connectivity index (χ2v) is 4.49. The van der Waals surface area contributed by atoms with Crippen LogP contribution in [0.3, 0.4) is 0 Å². The Labute approximate surface area is 99.8 Å². The highest BCUT2D eigenvalue weighted by Gasteiger charge is 2.23. The molecule has 0 unspecified atom stereocenters. The second kappa shape index (κ2) is 4.71. The molecule has 1 aromatic heterocycles. The van der Waals surface area contributed by atoms with Gasteiger partial charge < -0.3 is 15.2 Å². The Kier molecular flexibility index (Phi) is 3.28. The lowest BCUT2D eigenvalue weighted by molar-refractivity contribution is 0.0707. The summed E-state index contributed by atoms with van der Waals surface area (Å²) in [6.45, 7) is 5.89. The van der Waals surface area contributed by atoms with E-state index < -0.39 is 0 Å². The van der Waals surface area contributed by atoms with Gasteiger partial charge in [-0.25, -0.2) is 0 Å². The number of rotatable bonds is 1. The molecule has 92 valence electrons. The molecule has 0 spiro atoms. The molecular formula is C12H17N3O2. The lowest BCUT2D eigenvalue weighted by Crippen LogP contribution is -2.52. The third kappa shape index (κ3) is 2.55. The number of pyridine rings is 1. The first-order valence-electron chi connectivity index (χ1n) is 5.80. The Balaban J connectivity index is 2.22. The minimum absolute atomic E-state index is 0.181. The number of piperazine rings is 1. The molecule has 1 fully saturated rings. The molecule has 2 N–H and O–H groups in total. The summed E-state index contributed by atoms with van der Waals surface area (Å²) in [5.74, 6) is -0.181. The van der Waals surface area contributed by atoms with E-state index in [0.29, 0.717) is 13.1 Å². The quantitative estimate of drug-likeness (QED) is 0.726. The van der Waals surface area contributed by atoms with E-state index in [0.717, 1.165) is 12.2 Å². The predicted molar refractivity (Wildman–Crippen MR) is 65.2 cm³/mol. The van der Waals surface area contributed by atoms with Gasteiger partial charge in [-0.15, -0.1) is 0 Å². The SMILES string of the molecule is Cc1ccc(C(=O)N2CCN[C@H](C)C2)c(=O)[nH]1. The summed E-state index contributed by atoms with van der Waals surface area (Å²) in [7, 11) is 0. The molecule has 0 aromatic carbocycles. The summed E-state index contributed by atoms with van der Waals surface area (Å²) in [6.07, 6.45) is 0. The number of carbonyl (C=O) groups is 1. The molecule has 5 nitrogen and oxygen atoms in total. The van der Waals surface area contributed by atoms with E-state index in [1.165, 1.54) is 0 Å². The van der Waals surface area contributed by atoms with Crippen molar-refractivity contribution in [1.82, 2.24) is 15.2 Å². The zero-order valence-electron chi connectivity index (χ0n) is 10.1. The molecule has 2 heterocycles. The molecular weight excluding hydrogens is 218 g/mol. The topological polar surface area (TPSA) is 65.2 Å². The predicted octanol–water partition coefficient (Wildman–Crippen LogP) is 0.117. The molecule has 17 heavy (non-hydrogen) atoms. The van der Waals surface area contributed by atoms with Crippen LogP contribution in [-0.2, 0) is 0 Å². The zero-order chi connectivity index (χ0) is 12.4. The Morgan fingerprint density at radius 2 is 2.24 bits per heavy atom. The van der Waals surface area contributed by atoms with Gasteiger partial charge in [0.15, 0.2) is 0 Å². The molecule has 1 aliphatic rings. The number of carbonyl (C=O) groups excluding carboxylic acids is 1. The Morgan fingerprint density at radius 3 is 2.88 bits per heavy atom. The van der Waals surface area contributed by atoms with E-state index in [9.17, 15) is 9.59 Å². The van der Waals surface area contributed by atoms with Crippen molar-refractivity contribution in [3.8, 4) is 0 Å². The molecule has 1 atom stereocenters. The van der Waals surface area contributed by atoms with Gasteiger partial charge in [-0.1, -0.05) is 0 Å². The number of H-pyrrole nitrogens is 1. The number of aromatic nitrogens is 1. The normalized spacial score (nSPS) is 20.4. The van der Waals surface area contributed by atoms with Gasteiger partial charge in [0, 0.05) is 31.4 Å². The van der Waals surface area contributed by atoms with Crippen LogP contribution in [-0.4, -0.2) is 41.5 Å². The zero-order valence-corrected chi connectivity index (χ0v) is 10.1. The fraction of sp³-hybridized carbons (Fsp3) is 0.500. The molecule has 1 saturated heterocycles. The summed E-state index contributed by atoms with van der Waals surface area (Å²) >= 11 is 0. The number of hydrogen-bond donors (Lipinski definition) is 2. The van der Waals surface area contributed by atoms with Crippen LogP contribution < -0.4 is 10.9 Å². The van der Waals surface area contributed by atoms with Crippen LogP contribution in [0.5, 0.6) is 0 Å². The molecule has 1 aliphatic heterocycles. The highest BCUT2D eigenvalue weighted by molar-refractivity contribution is 5.93. The van der Waals surface area contributed by atoms with Crippen LogP contribution in [0.15, 0.2) is 16.9 Å². The van der Waals surface area contributed by atoms with Crippen molar-refractivity contribution in [1.29, 1.82) is 0 Å². The maximum absolute atomic E-state index is 12.2. The largest absolute Gasteiger partial charge is 0.336 e. The van der Waals surface area contributed by atoms with E-state index in [2.05, 4.69) is 10.3 Å². The van der Waals surface area contributed by atoms with Gasteiger partial charge in [0.25, 0.3) is 11.5 Å². The summed E-state index contributed by atoms with van der Waals surface area (Å²) in [5.41, 5.74) is 0.686. The van der Waals surface area contributed by atoms with Crippen molar-refractivity contribution >= 4 is 5.91 Å². The summed E-state index contributed by atoms with van der Waals surface area (Å²) in [4.78, 5) is 28.2. The maximum atomic E-state index is 12.2. The second-order valence-electron chi connectivity index (χ2n) is 4.49. The maximum Gasteiger partial charge on any atom is 0.260 e. The van der Waals surface area contributed by atoms with Crippen molar-refractivity contribution in [2.24, 2.45) is 0 Å². The van der Waals surface area contributed by atoms with Crippen molar-refractivity contribution in [3.05, 3.63) is 33.7 Å². The number of nitrogens with one attached hydrogen (secondary N) is 2. The van der Waals surface area contributed by atoms with E-state index >= 15 is 0 Å². The standard InChI is InChI=1S/C12H17N3O2/c1-8-3-4-10(11(16)14-8)12(17)15-6-5-13-9(2)7-15/h3-4,9,13H,5-7H2,1-2H3,(H,14,16)/t9-/m1/s1. The van der Waals surface area contributed by atoms with Gasteiger partial charge in [-0.3, -0.25) is 9.59 Å². The number of aromatic amines is 1. The van der Waals surface area contributed by atoms with Crippen molar-refractivity contribution < 1.29 is 4.79 Å². The average molecular weight is 235 g/mol. The van der Waals surface area contributed by atoms with Gasteiger partial charge in [-0.05, 0) is 26.0 Å². The molecule has 1 aromatic rings. The van der Waals surface area contributed by atoms with E-state index in [1.54, 1.807) is 24.0 Å². The Morgan fingerprint density at radius 1 is 1.47 bits per heavy atom. The van der Waals surface area contributed by atoms with Gasteiger partial charge in [0.2, 0.25) is 0 Å². The van der Waals surface area contributed by atoms with Crippen LogP contribution in [0, 0.1) is 6.92 Å². The number of aryl methyl sites for hydroxylation is 1. The van der Waals surface area contributed by atoms with Crippen molar-refractivity contribution in [3.63, 3.8) is 0 Å². The first-order valence-corrected chi connectivity index (χ1v) is 5.80. The fourth-order valence-electron chi connectivity index (χ4n) is 2.03. The first kappa shape index (κ1) is 11.9. The fourth-order valence-corrected chi connectivity index (χ4v) is 2.03. The van der Waals surface area contributed by atoms with Crippen LogP contribution in [0.2, 0.25) is 0 Å². The van der Waals surface area contributed by atoms with Crippen LogP contribution >= 0.6 is 0 Å². The summed E-state index contributed by atoms with van der Waals surface area (Å²) < 4.78 is 0. The highest BCUT2D eigenvalue weighted by atomic mass is 16.2. The average Bonchev–Trinajstić information content (AvgIpc) is 2.28. The molecule has 0 aliphatic carbocycles. The Bertz CT molecular complexity index is 481. The van der Waals surface area contributed by atoms with Crippen LogP contribution in [0.1, 0.15) is 23.0 Å². The molecule has 2 rings (SSSR count). The van der Waals surface area contributed by atoms with Gasteiger partial charge in [0.05, 0.1) is 0 Å². The third-order valence-corrected chi connectivity index (χ3v) is 2.94. The van der Waals surface area contributed by atoms with E-state index in [1.807, 2.05) is 6.92 Å². The summed E-state index contributed by atoms with van der Waals surface area (Å²) in [5, 5.41) is 3.26. The molecule has 5 heteroatoms. The monoisotopic (exact) mass is 235 g/mol. The molecule has 0 radical (unpaired) electrons. The lowest BCUT2D eigenvalue weighted by Gasteiger charge is -2.31. The minimum Gasteiger partial charge on any atom is -0.336 e. The molecule has 0 saturated carbocycles. The van der Waals surface area contributed by atoms with E-state index in [4.69, 9.17) is 0 Å². The van der Waals surface area contributed by atoms with Crippen molar-refractivity contribution in [2.75, 3.05) is 19.6 Å². The highest BCUT2D eigenvalue weighted by Crippen LogP contribution is 2.04. The Hall–Kier alpha value is -1.62. The number of hydrogen-bond acceptors (Lipinski definition) is 3. The number of amides is 1. The van der Waals surface area contributed by atoms with E-state index in [-0.39, 0.29) is 23.1 Å². The van der Waals surface area contributed by atoms with Gasteiger partial charge >= 0.3 is 0 Å². The summed E-state index contributed by atoms with van der Waals surface area (Å²) in [6, 6.07) is 3.63. The van der Waals surface area contributed by atoms with Crippen LogP contribution in [0.4, 0.5) is 0 Å². The van der Waals surface area contributed by atoms with Crippen LogP contribution in [0.25, 0.3) is 0 Å². The lowest BCUT2D eigenvalue weighted by atomic mass is 10.2. The third-order valence-electron chi connectivity index (χ3n) is 2.94. The van der Waals surface area contributed by atoms with Crippen molar-refractivity contribution in [2.45, 2.75) is 19.9 Å². The number of nitrogens with zero attached hydrogens (tertiary/aromatic N) is 1. The van der Waals surface area contributed by atoms with Gasteiger partial charge in [0.1, 0.15) is 5.56 Å². The minimum atomic E-state index is -0.304. The first-order chi connectivity index (χ1) is 8.08. The molecule has 0 bridgehead atoms.